The van der Waals surface area contributed by atoms with Crippen molar-refractivity contribution in [3.8, 4) is 0 Å². The normalized spacial score (nSPS) is 17.9. The summed E-state index contributed by atoms with van der Waals surface area (Å²) in [4.78, 5) is 4.34. The van der Waals surface area contributed by atoms with Gasteiger partial charge in [0.2, 0.25) is 0 Å². The second-order valence-corrected chi connectivity index (χ2v) is 4.35. The van der Waals surface area contributed by atoms with E-state index in [1.807, 2.05) is 12.3 Å². The summed E-state index contributed by atoms with van der Waals surface area (Å²) in [7, 11) is 0. The average Bonchev–Trinajstić information content (AvgIpc) is 3.09. The number of hydrogen-bond acceptors (Lipinski definition) is 2. The predicted octanol–water partition coefficient (Wildman–Crippen LogP) is 2.26. The van der Waals surface area contributed by atoms with Crippen molar-refractivity contribution >= 4 is 10.9 Å². The van der Waals surface area contributed by atoms with Crippen molar-refractivity contribution in [1.29, 1.82) is 0 Å². The lowest BCUT2D eigenvalue weighted by molar-refractivity contribution is 0.255. The van der Waals surface area contributed by atoms with Crippen molar-refractivity contribution in [3.05, 3.63) is 42.1 Å². The Balaban J connectivity index is 2.14. The molecule has 0 unspecified atom stereocenters. The number of hydrogen-bond donors (Lipinski definition) is 1. The fourth-order valence-corrected chi connectivity index (χ4v) is 2.09. The molecule has 1 fully saturated rings. The molecule has 2 nitrogen and oxygen atoms in total. The fourth-order valence-electron chi connectivity index (χ4n) is 2.09. The van der Waals surface area contributed by atoms with Gasteiger partial charge in [0.1, 0.15) is 0 Å². The molecule has 3 rings (SSSR count). The van der Waals surface area contributed by atoms with E-state index in [1.165, 1.54) is 5.56 Å². The van der Waals surface area contributed by atoms with Crippen LogP contribution in [-0.4, -0.2) is 16.7 Å². The van der Waals surface area contributed by atoms with Crippen molar-refractivity contribution in [1.82, 2.24) is 4.98 Å². The van der Waals surface area contributed by atoms with E-state index < -0.39 is 0 Å². The SMILES string of the molecule is OCC1(c2ccc3cccnc3c2)CC1. The van der Waals surface area contributed by atoms with Gasteiger partial charge in [0, 0.05) is 17.0 Å². The molecule has 0 bridgehead atoms. The highest BCUT2D eigenvalue weighted by Gasteiger charge is 2.43. The molecule has 1 aromatic carbocycles. The van der Waals surface area contributed by atoms with Crippen LogP contribution in [0.25, 0.3) is 10.9 Å². The van der Waals surface area contributed by atoms with Gasteiger partial charge in [0.05, 0.1) is 12.1 Å². The van der Waals surface area contributed by atoms with Gasteiger partial charge in [0.25, 0.3) is 0 Å². The van der Waals surface area contributed by atoms with Crippen molar-refractivity contribution in [2.24, 2.45) is 0 Å². The third-order valence-corrected chi connectivity index (χ3v) is 3.37. The van der Waals surface area contributed by atoms with Crippen LogP contribution >= 0.6 is 0 Å². The Hall–Kier alpha value is -1.41. The molecule has 0 radical (unpaired) electrons. The van der Waals surface area contributed by atoms with Crippen molar-refractivity contribution in [2.45, 2.75) is 18.3 Å². The Morgan fingerprint density at radius 3 is 2.87 bits per heavy atom. The van der Waals surface area contributed by atoms with Crippen LogP contribution in [0.3, 0.4) is 0 Å². The van der Waals surface area contributed by atoms with Gasteiger partial charge in [-0.2, -0.15) is 0 Å². The molecule has 0 saturated heterocycles. The van der Waals surface area contributed by atoms with Gasteiger partial charge in [-0.05, 0) is 30.5 Å². The van der Waals surface area contributed by atoms with Crippen LogP contribution in [0, 0.1) is 0 Å². The molecule has 0 spiro atoms. The molecular formula is C13H13NO. The minimum Gasteiger partial charge on any atom is -0.395 e. The molecule has 1 aliphatic carbocycles. The summed E-state index contributed by atoms with van der Waals surface area (Å²) in [6, 6.07) is 10.3. The maximum Gasteiger partial charge on any atom is 0.0704 e. The molecule has 1 aliphatic rings. The van der Waals surface area contributed by atoms with Crippen LogP contribution in [0.2, 0.25) is 0 Å². The van der Waals surface area contributed by atoms with Crippen LogP contribution in [-0.2, 0) is 5.41 Å². The Morgan fingerprint density at radius 2 is 2.13 bits per heavy atom. The van der Waals surface area contributed by atoms with Crippen molar-refractivity contribution in [3.63, 3.8) is 0 Å². The first kappa shape index (κ1) is 8.86. The lowest BCUT2D eigenvalue weighted by Crippen LogP contribution is -2.11. The minimum absolute atomic E-state index is 0.0473. The number of aliphatic hydroxyl groups excluding tert-OH is 1. The first-order valence-corrected chi connectivity index (χ1v) is 5.30. The van der Waals surface area contributed by atoms with Gasteiger partial charge in [-0.25, -0.2) is 0 Å². The number of aromatic nitrogens is 1. The lowest BCUT2D eigenvalue weighted by atomic mass is 9.96. The predicted molar refractivity (Wildman–Crippen MR) is 59.7 cm³/mol. The zero-order chi connectivity index (χ0) is 10.3. The molecule has 0 atom stereocenters. The Bertz CT molecular complexity index is 503. The molecule has 1 N–H and O–H groups in total. The quantitative estimate of drug-likeness (QED) is 0.804. The van der Waals surface area contributed by atoms with Gasteiger partial charge in [-0.1, -0.05) is 18.2 Å². The largest absolute Gasteiger partial charge is 0.395 e. The lowest BCUT2D eigenvalue weighted by Gasteiger charge is -2.12. The van der Waals surface area contributed by atoms with Gasteiger partial charge >= 0.3 is 0 Å². The summed E-state index contributed by atoms with van der Waals surface area (Å²) in [5.74, 6) is 0. The molecule has 2 heteroatoms. The van der Waals surface area contributed by atoms with E-state index in [-0.39, 0.29) is 12.0 Å². The second-order valence-electron chi connectivity index (χ2n) is 4.35. The topological polar surface area (TPSA) is 33.1 Å². The van der Waals surface area contributed by atoms with Crippen LogP contribution in [0.5, 0.6) is 0 Å². The number of benzene rings is 1. The smallest absolute Gasteiger partial charge is 0.0704 e. The molecule has 1 aromatic heterocycles. The third kappa shape index (κ3) is 1.33. The van der Waals surface area contributed by atoms with Gasteiger partial charge < -0.3 is 5.11 Å². The standard InChI is InChI=1S/C13H13NO/c15-9-13(5-6-13)11-4-3-10-2-1-7-14-12(10)8-11/h1-4,7-8,15H,5-6,9H2. The van der Waals surface area contributed by atoms with E-state index in [0.717, 1.165) is 23.7 Å². The van der Waals surface area contributed by atoms with Gasteiger partial charge in [0.15, 0.2) is 0 Å². The van der Waals surface area contributed by atoms with Crippen LogP contribution in [0.1, 0.15) is 18.4 Å². The van der Waals surface area contributed by atoms with Crippen molar-refractivity contribution in [2.75, 3.05) is 6.61 Å². The Kier molecular flexibility index (Phi) is 1.80. The monoisotopic (exact) mass is 199 g/mol. The summed E-state index contributed by atoms with van der Waals surface area (Å²) in [5.41, 5.74) is 2.30. The number of rotatable bonds is 2. The van der Waals surface area contributed by atoms with Crippen LogP contribution in [0.15, 0.2) is 36.5 Å². The molecule has 1 heterocycles. The maximum absolute atomic E-state index is 9.36. The number of fused-ring (bicyclic) bond motifs is 1. The molecule has 15 heavy (non-hydrogen) atoms. The molecule has 2 aromatic rings. The van der Waals surface area contributed by atoms with E-state index in [1.54, 1.807) is 0 Å². The van der Waals surface area contributed by atoms with Crippen LogP contribution < -0.4 is 0 Å². The second kappa shape index (κ2) is 3.04. The van der Waals surface area contributed by atoms with Crippen LogP contribution in [0.4, 0.5) is 0 Å². The molecule has 0 aliphatic heterocycles. The average molecular weight is 199 g/mol. The molecule has 0 amide bonds. The van der Waals surface area contributed by atoms with Gasteiger partial charge in [-0.3, -0.25) is 4.98 Å². The fraction of sp³-hybridized carbons (Fsp3) is 0.308. The van der Waals surface area contributed by atoms with E-state index in [4.69, 9.17) is 0 Å². The maximum atomic E-state index is 9.36. The molecular weight excluding hydrogens is 186 g/mol. The van der Waals surface area contributed by atoms with E-state index in [2.05, 4.69) is 29.2 Å². The number of aliphatic hydroxyl groups is 1. The molecule has 1 saturated carbocycles. The van der Waals surface area contributed by atoms with E-state index >= 15 is 0 Å². The minimum atomic E-state index is 0.0473. The first-order chi connectivity index (χ1) is 7.34. The highest BCUT2D eigenvalue weighted by molar-refractivity contribution is 5.79. The molecule has 76 valence electrons. The summed E-state index contributed by atoms with van der Waals surface area (Å²) in [6.07, 6.45) is 4.01. The highest BCUT2D eigenvalue weighted by atomic mass is 16.3. The summed E-state index contributed by atoms with van der Waals surface area (Å²) in [6.45, 7) is 0.255. The Labute approximate surface area is 88.6 Å². The Morgan fingerprint density at radius 1 is 1.27 bits per heavy atom. The summed E-state index contributed by atoms with van der Waals surface area (Å²) < 4.78 is 0. The number of nitrogens with zero attached hydrogens (tertiary/aromatic N) is 1. The highest BCUT2D eigenvalue weighted by Crippen LogP contribution is 2.47. The third-order valence-electron chi connectivity index (χ3n) is 3.37. The first-order valence-electron chi connectivity index (χ1n) is 5.30. The zero-order valence-corrected chi connectivity index (χ0v) is 8.48. The van der Waals surface area contributed by atoms with Gasteiger partial charge in [-0.15, -0.1) is 0 Å². The zero-order valence-electron chi connectivity index (χ0n) is 8.48. The summed E-state index contributed by atoms with van der Waals surface area (Å²) >= 11 is 0. The number of pyridine rings is 1. The summed E-state index contributed by atoms with van der Waals surface area (Å²) in [5, 5.41) is 10.5. The van der Waals surface area contributed by atoms with E-state index in [9.17, 15) is 5.11 Å². The van der Waals surface area contributed by atoms with E-state index in [0.29, 0.717) is 0 Å². The van der Waals surface area contributed by atoms with Crippen molar-refractivity contribution < 1.29 is 5.11 Å².